The number of hydrogen-bond donors (Lipinski definition) is 0. The Kier molecular flexibility index (Phi) is 4.07. The second-order valence-electron chi connectivity index (χ2n) is 3.87. The van der Waals surface area contributed by atoms with E-state index in [0.717, 1.165) is 5.39 Å². The number of aromatic nitrogens is 2. The third kappa shape index (κ3) is 3.07. The molecule has 0 fully saturated rings. The molecule has 19 heavy (non-hydrogen) atoms. The molecule has 2 rings (SSSR count). The molecule has 5 heteroatoms. The molecule has 0 aliphatic carbocycles. The van der Waals surface area contributed by atoms with Gasteiger partial charge in [-0.15, -0.1) is 0 Å². The summed E-state index contributed by atoms with van der Waals surface area (Å²) in [4.78, 5) is 23.2. The van der Waals surface area contributed by atoms with E-state index < -0.39 is 5.97 Å². The molecule has 1 aromatic heterocycles. The summed E-state index contributed by atoms with van der Waals surface area (Å²) in [7, 11) is 0. The number of esters is 1. The Morgan fingerprint density at radius 2 is 2.21 bits per heavy atom. The zero-order chi connectivity index (χ0) is 13.7. The van der Waals surface area contributed by atoms with Crippen molar-refractivity contribution in [2.75, 3.05) is 6.61 Å². The SMILES string of the molecule is CCOC(=O)/C=C/Cn1ncc2ccccc2c1=O. The van der Waals surface area contributed by atoms with E-state index in [1.807, 2.05) is 18.2 Å². The second-order valence-corrected chi connectivity index (χ2v) is 3.87. The minimum atomic E-state index is -0.420. The second kappa shape index (κ2) is 5.95. The van der Waals surface area contributed by atoms with Crippen LogP contribution in [-0.2, 0) is 16.1 Å². The van der Waals surface area contributed by atoms with Gasteiger partial charge in [-0.05, 0) is 13.0 Å². The van der Waals surface area contributed by atoms with Crippen molar-refractivity contribution in [3.8, 4) is 0 Å². The van der Waals surface area contributed by atoms with Crippen molar-refractivity contribution >= 4 is 16.7 Å². The molecule has 98 valence electrons. The Bertz CT molecular complexity index is 674. The molecule has 0 bridgehead atoms. The molecule has 0 amide bonds. The van der Waals surface area contributed by atoms with Crippen molar-refractivity contribution in [3.05, 3.63) is 53.0 Å². The maximum atomic E-state index is 12.1. The number of carbonyl (C=O) groups is 1. The van der Waals surface area contributed by atoms with E-state index in [0.29, 0.717) is 12.0 Å². The van der Waals surface area contributed by atoms with Crippen LogP contribution in [0.2, 0.25) is 0 Å². The van der Waals surface area contributed by atoms with Gasteiger partial charge in [-0.3, -0.25) is 4.79 Å². The third-order valence-corrected chi connectivity index (χ3v) is 2.58. The van der Waals surface area contributed by atoms with Crippen molar-refractivity contribution in [1.82, 2.24) is 9.78 Å². The summed E-state index contributed by atoms with van der Waals surface area (Å²) in [6, 6.07) is 7.25. The van der Waals surface area contributed by atoms with E-state index in [1.54, 1.807) is 25.3 Å². The van der Waals surface area contributed by atoms with Gasteiger partial charge in [0.15, 0.2) is 0 Å². The Morgan fingerprint density at radius 1 is 1.42 bits per heavy atom. The lowest BCUT2D eigenvalue weighted by molar-refractivity contribution is -0.137. The van der Waals surface area contributed by atoms with Gasteiger partial charge in [0.25, 0.3) is 5.56 Å². The lowest BCUT2D eigenvalue weighted by Gasteiger charge is -2.02. The number of benzene rings is 1. The molecule has 0 unspecified atom stereocenters. The number of ether oxygens (including phenoxy) is 1. The molecule has 0 N–H and O–H groups in total. The summed E-state index contributed by atoms with van der Waals surface area (Å²) in [5.41, 5.74) is -0.174. The summed E-state index contributed by atoms with van der Waals surface area (Å²) in [5, 5.41) is 5.47. The van der Waals surface area contributed by atoms with E-state index in [2.05, 4.69) is 5.10 Å². The van der Waals surface area contributed by atoms with Crippen LogP contribution in [-0.4, -0.2) is 22.4 Å². The first-order chi connectivity index (χ1) is 9.22. The standard InChI is InChI=1S/C14H14N2O3/c1-2-19-13(17)8-5-9-16-14(18)12-7-4-3-6-11(12)10-15-16/h3-8,10H,2,9H2,1H3/b8-5+. The fourth-order valence-corrected chi connectivity index (χ4v) is 1.70. The van der Waals surface area contributed by atoms with Crippen LogP contribution in [0.1, 0.15) is 6.92 Å². The molecular formula is C14H14N2O3. The molecule has 2 aromatic rings. The first-order valence-electron chi connectivity index (χ1n) is 6.00. The lowest BCUT2D eigenvalue weighted by Crippen LogP contribution is -2.22. The van der Waals surface area contributed by atoms with E-state index >= 15 is 0 Å². The number of hydrogen-bond acceptors (Lipinski definition) is 4. The van der Waals surface area contributed by atoms with E-state index in [-0.39, 0.29) is 12.1 Å². The Balaban J connectivity index is 2.20. The Labute approximate surface area is 110 Å². The van der Waals surface area contributed by atoms with Crippen LogP contribution in [0.3, 0.4) is 0 Å². The van der Waals surface area contributed by atoms with Gasteiger partial charge in [-0.1, -0.05) is 24.3 Å². The van der Waals surface area contributed by atoms with Crippen LogP contribution >= 0.6 is 0 Å². The highest BCUT2D eigenvalue weighted by atomic mass is 16.5. The highest BCUT2D eigenvalue weighted by Crippen LogP contribution is 2.06. The van der Waals surface area contributed by atoms with Crippen molar-refractivity contribution in [3.63, 3.8) is 0 Å². The number of allylic oxidation sites excluding steroid dienone is 1. The predicted molar refractivity (Wildman–Crippen MR) is 71.8 cm³/mol. The van der Waals surface area contributed by atoms with Crippen molar-refractivity contribution < 1.29 is 9.53 Å². The average molecular weight is 258 g/mol. The molecule has 0 spiro atoms. The topological polar surface area (TPSA) is 61.2 Å². The van der Waals surface area contributed by atoms with Gasteiger partial charge in [0, 0.05) is 11.5 Å². The maximum Gasteiger partial charge on any atom is 0.330 e. The fourth-order valence-electron chi connectivity index (χ4n) is 1.70. The lowest BCUT2D eigenvalue weighted by atomic mass is 10.2. The maximum absolute atomic E-state index is 12.1. The van der Waals surface area contributed by atoms with Crippen molar-refractivity contribution in [2.24, 2.45) is 0 Å². The molecule has 0 aliphatic rings. The van der Waals surface area contributed by atoms with Crippen LogP contribution in [0.15, 0.2) is 47.4 Å². The van der Waals surface area contributed by atoms with Crippen molar-refractivity contribution in [2.45, 2.75) is 13.5 Å². The normalized spacial score (nSPS) is 11.0. The average Bonchev–Trinajstić information content (AvgIpc) is 2.42. The molecule has 0 atom stereocenters. The van der Waals surface area contributed by atoms with E-state index in [9.17, 15) is 9.59 Å². The summed E-state index contributed by atoms with van der Waals surface area (Å²) < 4.78 is 6.05. The summed E-state index contributed by atoms with van der Waals surface area (Å²) in [6.45, 7) is 2.31. The molecular weight excluding hydrogens is 244 g/mol. The third-order valence-electron chi connectivity index (χ3n) is 2.58. The van der Waals surface area contributed by atoms with E-state index in [4.69, 9.17) is 4.74 Å². The minimum absolute atomic E-state index is 0.174. The van der Waals surface area contributed by atoms with E-state index in [1.165, 1.54) is 10.8 Å². The molecule has 1 heterocycles. The summed E-state index contributed by atoms with van der Waals surface area (Å²) in [6.07, 6.45) is 4.49. The Morgan fingerprint density at radius 3 is 3.00 bits per heavy atom. The quantitative estimate of drug-likeness (QED) is 0.616. The number of carbonyl (C=O) groups excluding carboxylic acids is 1. The number of rotatable bonds is 4. The van der Waals surface area contributed by atoms with Crippen LogP contribution in [0, 0.1) is 0 Å². The molecule has 0 saturated heterocycles. The minimum Gasteiger partial charge on any atom is -0.463 e. The highest BCUT2D eigenvalue weighted by molar-refractivity contribution is 5.82. The molecule has 5 nitrogen and oxygen atoms in total. The molecule has 0 saturated carbocycles. The predicted octanol–water partition coefficient (Wildman–Crippen LogP) is 1.52. The molecule has 0 aliphatic heterocycles. The Hall–Kier alpha value is -2.43. The largest absolute Gasteiger partial charge is 0.463 e. The van der Waals surface area contributed by atoms with Crippen LogP contribution in [0.4, 0.5) is 0 Å². The molecule has 1 aromatic carbocycles. The molecule has 0 radical (unpaired) electrons. The summed E-state index contributed by atoms with van der Waals surface area (Å²) >= 11 is 0. The van der Waals surface area contributed by atoms with Gasteiger partial charge in [0.1, 0.15) is 0 Å². The van der Waals surface area contributed by atoms with Crippen LogP contribution in [0.25, 0.3) is 10.8 Å². The number of nitrogens with zero attached hydrogens (tertiary/aromatic N) is 2. The van der Waals surface area contributed by atoms with Gasteiger partial charge < -0.3 is 4.74 Å². The first-order valence-corrected chi connectivity index (χ1v) is 6.00. The van der Waals surface area contributed by atoms with Crippen LogP contribution in [0.5, 0.6) is 0 Å². The smallest absolute Gasteiger partial charge is 0.330 e. The monoisotopic (exact) mass is 258 g/mol. The number of fused-ring (bicyclic) bond motifs is 1. The first kappa shape index (κ1) is 13.0. The van der Waals surface area contributed by atoms with Crippen LogP contribution < -0.4 is 5.56 Å². The van der Waals surface area contributed by atoms with Gasteiger partial charge in [0.05, 0.1) is 24.7 Å². The fraction of sp³-hybridized carbons (Fsp3) is 0.214. The van der Waals surface area contributed by atoms with Gasteiger partial charge in [-0.25, -0.2) is 9.48 Å². The van der Waals surface area contributed by atoms with Gasteiger partial charge in [0.2, 0.25) is 0 Å². The zero-order valence-electron chi connectivity index (χ0n) is 10.6. The summed E-state index contributed by atoms with van der Waals surface area (Å²) in [5.74, 6) is -0.420. The van der Waals surface area contributed by atoms with Gasteiger partial charge >= 0.3 is 5.97 Å². The highest BCUT2D eigenvalue weighted by Gasteiger charge is 2.01. The van der Waals surface area contributed by atoms with Gasteiger partial charge in [-0.2, -0.15) is 5.10 Å². The zero-order valence-corrected chi connectivity index (χ0v) is 10.6. The van der Waals surface area contributed by atoms with Crippen molar-refractivity contribution in [1.29, 1.82) is 0 Å².